The van der Waals surface area contributed by atoms with Crippen LogP contribution in [0.1, 0.15) is 22.0 Å². The number of para-hydroxylation sites is 2. The number of nitrogens with one attached hydrogen (secondary N) is 1. The van der Waals surface area contributed by atoms with Crippen LogP contribution in [-0.2, 0) is 0 Å². The van der Waals surface area contributed by atoms with Gasteiger partial charge in [-0.1, -0.05) is 24.3 Å². The average Bonchev–Trinajstić information content (AvgIpc) is 2.67. The largest absolute Gasteiger partial charge is 0.496 e. The average molecular weight is 394 g/mol. The Morgan fingerprint density at radius 3 is 2.29 bits per heavy atom. The first-order valence-electron chi connectivity index (χ1n) is 8.58. The Labute approximate surface area is 163 Å². The monoisotopic (exact) mass is 394 g/mol. The van der Waals surface area contributed by atoms with Crippen molar-refractivity contribution in [2.75, 3.05) is 34.9 Å². The number of alkyl halides is 2. The number of carbonyl (C=O) groups is 1. The molecule has 1 amide bonds. The van der Waals surface area contributed by atoms with Crippen LogP contribution < -0.4 is 19.5 Å². The molecule has 2 rings (SSSR count). The lowest BCUT2D eigenvalue weighted by atomic mass is 10.0. The van der Waals surface area contributed by atoms with Gasteiger partial charge in [0.2, 0.25) is 0 Å². The number of benzene rings is 2. The second-order valence-corrected chi connectivity index (χ2v) is 6.15. The molecule has 0 bridgehead atoms. The molecule has 0 aromatic heterocycles. The quantitative estimate of drug-likeness (QED) is 0.707. The second-order valence-electron chi connectivity index (χ2n) is 6.15. The van der Waals surface area contributed by atoms with Crippen LogP contribution in [0.2, 0.25) is 0 Å². The highest BCUT2D eigenvalue weighted by atomic mass is 19.3. The fourth-order valence-corrected chi connectivity index (χ4v) is 2.86. The number of rotatable bonds is 9. The van der Waals surface area contributed by atoms with Crippen molar-refractivity contribution in [1.82, 2.24) is 10.2 Å². The third kappa shape index (κ3) is 5.10. The maximum absolute atomic E-state index is 12.8. The van der Waals surface area contributed by atoms with Crippen LogP contribution in [0, 0.1) is 0 Å². The fourth-order valence-electron chi connectivity index (χ4n) is 2.86. The molecule has 1 N–H and O–H groups in total. The molecule has 8 heteroatoms. The van der Waals surface area contributed by atoms with Gasteiger partial charge in [-0.15, -0.1) is 0 Å². The number of nitrogens with zero attached hydrogens (tertiary/aromatic N) is 1. The van der Waals surface area contributed by atoms with Crippen LogP contribution in [0.25, 0.3) is 0 Å². The summed E-state index contributed by atoms with van der Waals surface area (Å²) in [5, 5.41) is 2.78. The maximum Gasteiger partial charge on any atom is 0.387 e. The zero-order chi connectivity index (χ0) is 20.7. The van der Waals surface area contributed by atoms with Crippen LogP contribution in [0.5, 0.6) is 17.2 Å². The van der Waals surface area contributed by atoms with Crippen molar-refractivity contribution in [3.05, 3.63) is 53.6 Å². The number of halogens is 2. The van der Waals surface area contributed by atoms with E-state index in [1.165, 1.54) is 25.3 Å². The third-order valence-corrected chi connectivity index (χ3v) is 4.23. The van der Waals surface area contributed by atoms with Gasteiger partial charge in [0.05, 0.1) is 25.8 Å². The first-order valence-corrected chi connectivity index (χ1v) is 8.58. The first-order chi connectivity index (χ1) is 13.4. The molecule has 1 atom stereocenters. The Bertz CT molecular complexity index is 800. The summed E-state index contributed by atoms with van der Waals surface area (Å²) < 4.78 is 40.5. The van der Waals surface area contributed by atoms with E-state index < -0.39 is 12.5 Å². The Morgan fingerprint density at radius 1 is 1.04 bits per heavy atom. The number of carbonyl (C=O) groups excluding carboxylic acids is 1. The third-order valence-electron chi connectivity index (χ3n) is 4.23. The summed E-state index contributed by atoms with van der Waals surface area (Å²) in [6.07, 6.45) is 0. The summed E-state index contributed by atoms with van der Waals surface area (Å²) in [4.78, 5) is 14.6. The molecular weight excluding hydrogens is 370 g/mol. The van der Waals surface area contributed by atoms with Crippen molar-refractivity contribution in [3.63, 3.8) is 0 Å². The van der Waals surface area contributed by atoms with Crippen molar-refractivity contribution in [3.8, 4) is 17.2 Å². The highest BCUT2D eigenvalue weighted by Gasteiger charge is 2.23. The molecule has 0 saturated carbocycles. The minimum atomic E-state index is -3.08. The fraction of sp³-hybridized carbons (Fsp3) is 0.350. The molecular formula is C20H24F2N2O4. The molecule has 0 fully saturated rings. The summed E-state index contributed by atoms with van der Waals surface area (Å²) in [5.41, 5.74) is 0.863. The molecule has 2 aromatic rings. The van der Waals surface area contributed by atoms with Crippen molar-refractivity contribution >= 4 is 5.91 Å². The molecule has 0 saturated heterocycles. The number of likely N-dealkylation sites (N-methyl/N-ethyl adjacent to an activating group) is 1. The maximum atomic E-state index is 12.8. The van der Waals surface area contributed by atoms with Gasteiger partial charge in [-0.25, -0.2) is 0 Å². The van der Waals surface area contributed by atoms with E-state index in [-0.39, 0.29) is 29.6 Å². The number of amides is 1. The Kier molecular flexibility index (Phi) is 7.57. The molecule has 6 nitrogen and oxygen atoms in total. The Balaban J connectivity index is 2.24. The van der Waals surface area contributed by atoms with Gasteiger partial charge in [-0.05, 0) is 32.3 Å². The molecule has 0 heterocycles. The van der Waals surface area contributed by atoms with Gasteiger partial charge >= 0.3 is 6.61 Å². The van der Waals surface area contributed by atoms with Gasteiger partial charge < -0.3 is 24.4 Å². The predicted molar refractivity (Wildman–Crippen MR) is 101 cm³/mol. The summed E-state index contributed by atoms with van der Waals surface area (Å²) in [7, 11) is 6.65. The van der Waals surface area contributed by atoms with Gasteiger partial charge in [0.25, 0.3) is 5.91 Å². The second kappa shape index (κ2) is 9.89. The topological polar surface area (TPSA) is 60.0 Å². The molecule has 1 unspecified atom stereocenters. The van der Waals surface area contributed by atoms with Crippen LogP contribution in [0.15, 0.2) is 42.5 Å². The van der Waals surface area contributed by atoms with Crippen molar-refractivity contribution in [2.24, 2.45) is 0 Å². The highest BCUT2D eigenvalue weighted by molar-refractivity contribution is 5.97. The Morgan fingerprint density at radius 2 is 1.68 bits per heavy atom. The first kappa shape index (κ1) is 21.4. The van der Waals surface area contributed by atoms with E-state index in [1.54, 1.807) is 7.11 Å². The number of hydrogen-bond acceptors (Lipinski definition) is 5. The Hall–Kier alpha value is -2.87. The van der Waals surface area contributed by atoms with Gasteiger partial charge in [0.15, 0.2) is 11.5 Å². The smallest absolute Gasteiger partial charge is 0.387 e. The van der Waals surface area contributed by atoms with Gasteiger partial charge in [-0.2, -0.15) is 8.78 Å². The van der Waals surface area contributed by atoms with E-state index in [0.717, 1.165) is 5.56 Å². The van der Waals surface area contributed by atoms with E-state index in [4.69, 9.17) is 9.47 Å². The van der Waals surface area contributed by atoms with E-state index in [0.29, 0.717) is 5.75 Å². The number of hydrogen-bond donors (Lipinski definition) is 1. The van der Waals surface area contributed by atoms with Crippen LogP contribution in [0.4, 0.5) is 8.78 Å². The zero-order valence-corrected chi connectivity index (χ0v) is 16.2. The lowest BCUT2D eigenvalue weighted by molar-refractivity contribution is -0.0515. The summed E-state index contributed by atoms with van der Waals surface area (Å²) in [6.45, 7) is -2.84. The van der Waals surface area contributed by atoms with Crippen molar-refractivity contribution in [2.45, 2.75) is 12.7 Å². The molecule has 0 aliphatic rings. The number of methoxy groups -OCH3 is 2. The van der Waals surface area contributed by atoms with E-state index >= 15 is 0 Å². The van der Waals surface area contributed by atoms with E-state index in [1.807, 2.05) is 43.3 Å². The minimum absolute atomic E-state index is 0.0304. The summed E-state index contributed by atoms with van der Waals surface area (Å²) >= 11 is 0. The minimum Gasteiger partial charge on any atom is -0.496 e. The standard InChI is InChI=1S/C20H24F2N2O4/c1-24(2)15(13-8-5-6-10-16(13)26-3)12-23-19(25)14-9-7-11-17(27-4)18(14)28-20(21)22/h5-11,15,20H,12H2,1-4H3,(H,23,25). The van der Waals surface area contributed by atoms with Gasteiger partial charge in [-0.3, -0.25) is 4.79 Å². The molecule has 0 aliphatic carbocycles. The zero-order valence-electron chi connectivity index (χ0n) is 16.2. The molecule has 152 valence electrons. The normalized spacial score (nSPS) is 12.0. The number of ether oxygens (including phenoxy) is 3. The molecule has 2 aromatic carbocycles. The predicted octanol–water partition coefficient (Wildman–Crippen LogP) is 3.34. The van der Waals surface area contributed by atoms with Gasteiger partial charge in [0, 0.05) is 12.1 Å². The molecule has 0 spiro atoms. The van der Waals surface area contributed by atoms with E-state index in [2.05, 4.69) is 10.1 Å². The highest BCUT2D eigenvalue weighted by Crippen LogP contribution is 2.33. The van der Waals surface area contributed by atoms with Crippen LogP contribution in [-0.4, -0.2) is 52.3 Å². The van der Waals surface area contributed by atoms with Crippen molar-refractivity contribution in [1.29, 1.82) is 0 Å². The van der Waals surface area contributed by atoms with Crippen LogP contribution >= 0.6 is 0 Å². The van der Waals surface area contributed by atoms with Crippen LogP contribution in [0.3, 0.4) is 0 Å². The lowest BCUT2D eigenvalue weighted by Gasteiger charge is -2.26. The lowest BCUT2D eigenvalue weighted by Crippen LogP contribution is -2.35. The molecule has 0 aliphatic heterocycles. The van der Waals surface area contributed by atoms with Gasteiger partial charge in [0.1, 0.15) is 5.75 Å². The molecule has 28 heavy (non-hydrogen) atoms. The SMILES string of the molecule is COc1ccccc1C(CNC(=O)c1cccc(OC)c1OC(F)F)N(C)C. The summed E-state index contributed by atoms with van der Waals surface area (Å²) in [6, 6.07) is 11.7. The summed E-state index contributed by atoms with van der Waals surface area (Å²) in [5.74, 6) is -0.0899. The van der Waals surface area contributed by atoms with E-state index in [9.17, 15) is 13.6 Å². The van der Waals surface area contributed by atoms with Crippen molar-refractivity contribution < 1.29 is 27.8 Å². The molecule has 0 radical (unpaired) electrons.